The second kappa shape index (κ2) is 5.09. The molecule has 1 amide bonds. The molecule has 1 heterocycles. The molecular formula is C12H12N2O5. The first kappa shape index (κ1) is 13.1. The Labute approximate surface area is 107 Å². The summed E-state index contributed by atoms with van der Waals surface area (Å²) in [6.07, 6.45) is -1.82. The second-order valence-corrected chi connectivity index (χ2v) is 3.95. The maximum atomic E-state index is 10.8. The molecule has 5 N–H and O–H groups in total. The maximum Gasteiger partial charge on any atom is 0.249 e. The molecule has 0 saturated carbocycles. The number of hydrogen-bond donors (Lipinski definition) is 4. The monoisotopic (exact) mass is 264 g/mol. The van der Waals surface area contributed by atoms with E-state index in [1.807, 2.05) is 0 Å². The van der Waals surface area contributed by atoms with E-state index in [-0.39, 0.29) is 16.9 Å². The van der Waals surface area contributed by atoms with Crippen molar-refractivity contribution in [1.29, 1.82) is 0 Å². The highest BCUT2D eigenvalue weighted by atomic mass is 16.5. The first-order valence-electron chi connectivity index (χ1n) is 5.40. The van der Waals surface area contributed by atoms with Crippen molar-refractivity contribution in [1.82, 2.24) is 5.16 Å². The number of rotatable bonds is 4. The van der Waals surface area contributed by atoms with Crippen LogP contribution in [0.1, 0.15) is 11.7 Å². The first-order valence-corrected chi connectivity index (χ1v) is 5.40. The van der Waals surface area contributed by atoms with Gasteiger partial charge in [-0.3, -0.25) is 4.79 Å². The van der Waals surface area contributed by atoms with Gasteiger partial charge in [0.2, 0.25) is 5.91 Å². The van der Waals surface area contributed by atoms with Crippen LogP contribution in [0.5, 0.6) is 5.75 Å². The van der Waals surface area contributed by atoms with Crippen molar-refractivity contribution in [3.8, 4) is 17.1 Å². The number of aliphatic hydroxyl groups is 2. The average molecular weight is 264 g/mol. The summed E-state index contributed by atoms with van der Waals surface area (Å²) in [5, 5.41) is 32.4. The van der Waals surface area contributed by atoms with Crippen molar-refractivity contribution in [2.45, 2.75) is 12.2 Å². The number of phenolic OH excluding ortho intramolecular Hbond substituents is 1. The molecule has 2 rings (SSSR count). The van der Waals surface area contributed by atoms with Crippen molar-refractivity contribution in [2.24, 2.45) is 5.73 Å². The van der Waals surface area contributed by atoms with E-state index in [2.05, 4.69) is 5.16 Å². The highest BCUT2D eigenvalue weighted by Crippen LogP contribution is 2.32. The molecular weight excluding hydrogens is 252 g/mol. The van der Waals surface area contributed by atoms with Crippen molar-refractivity contribution in [2.75, 3.05) is 0 Å². The van der Waals surface area contributed by atoms with E-state index in [4.69, 9.17) is 10.3 Å². The molecule has 0 aliphatic carbocycles. The lowest BCUT2D eigenvalue weighted by Gasteiger charge is -2.16. The highest BCUT2D eigenvalue weighted by molar-refractivity contribution is 5.79. The minimum Gasteiger partial charge on any atom is -0.507 e. The van der Waals surface area contributed by atoms with Crippen LogP contribution in [0.3, 0.4) is 0 Å². The van der Waals surface area contributed by atoms with E-state index in [1.54, 1.807) is 0 Å². The Hall–Kier alpha value is -2.38. The van der Waals surface area contributed by atoms with Crippen LogP contribution in [0.25, 0.3) is 11.3 Å². The predicted molar refractivity (Wildman–Crippen MR) is 63.8 cm³/mol. The van der Waals surface area contributed by atoms with Gasteiger partial charge >= 0.3 is 0 Å². The number of primary amides is 1. The fourth-order valence-corrected chi connectivity index (χ4v) is 1.63. The van der Waals surface area contributed by atoms with Crippen LogP contribution in [0.15, 0.2) is 35.0 Å². The van der Waals surface area contributed by atoms with E-state index >= 15 is 0 Å². The highest BCUT2D eigenvalue weighted by Gasteiger charge is 2.24. The average Bonchev–Trinajstić information content (AvgIpc) is 2.91. The number of carbonyl (C=O) groups excluding carboxylic acids is 1. The summed E-state index contributed by atoms with van der Waals surface area (Å²) in [5.41, 5.74) is 5.41. The SMILES string of the molecule is NC(=O)C(O)C(O)c1ccc(O)c(-c2ccno2)c1. The Morgan fingerprint density at radius 2 is 2.05 bits per heavy atom. The van der Waals surface area contributed by atoms with Gasteiger partial charge in [0.15, 0.2) is 11.9 Å². The molecule has 100 valence electrons. The number of hydrogen-bond acceptors (Lipinski definition) is 6. The van der Waals surface area contributed by atoms with Crippen LogP contribution >= 0.6 is 0 Å². The van der Waals surface area contributed by atoms with E-state index in [0.29, 0.717) is 5.76 Å². The van der Waals surface area contributed by atoms with Crippen LogP contribution in [0, 0.1) is 0 Å². The van der Waals surface area contributed by atoms with Crippen molar-refractivity contribution in [3.63, 3.8) is 0 Å². The summed E-state index contributed by atoms with van der Waals surface area (Å²) in [7, 11) is 0. The molecule has 7 nitrogen and oxygen atoms in total. The number of amides is 1. The van der Waals surface area contributed by atoms with Gasteiger partial charge in [-0.2, -0.15) is 0 Å². The summed E-state index contributed by atoms with van der Waals surface area (Å²) >= 11 is 0. The van der Waals surface area contributed by atoms with Gasteiger partial charge in [-0.25, -0.2) is 0 Å². The predicted octanol–water partition coefficient (Wildman–Crippen LogP) is -0.0732. The molecule has 2 unspecified atom stereocenters. The molecule has 0 spiro atoms. The number of aliphatic hydroxyl groups excluding tert-OH is 2. The normalized spacial score (nSPS) is 14.0. The molecule has 0 saturated heterocycles. The largest absolute Gasteiger partial charge is 0.507 e. The topological polar surface area (TPSA) is 130 Å². The van der Waals surface area contributed by atoms with Crippen LogP contribution in [0.4, 0.5) is 0 Å². The zero-order chi connectivity index (χ0) is 14.0. The van der Waals surface area contributed by atoms with Gasteiger partial charge in [-0.05, 0) is 17.7 Å². The Kier molecular flexibility index (Phi) is 3.50. The van der Waals surface area contributed by atoms with Gasteiger partial charge < -0.3 is 25.6 Å². The number of nitrogens with zero attached hydrogens (tertiary/aromatic N) is 1. The van der Waals surface area contributed by atoms with Crippen LogP contribution in [-0.2, 0) is 4.79 Å². The molecule has 0 aliphatic heterocycles. The number of aromatic nitrogens is 1. The van der Waals surface area contributed by atoms with E-state index in [9.17, 15) is 20.1 Å². The fraction of sp³-hybridized carbons (Fsp3) is 0.167. The van der Waals surface area contributed by atoms with Crippen molar-refractivity contribution in [3.05, 3.63) is 36.0 Å². The van der Waals surface area contributed by atoms with Crippen LogP contribution in [-0.4, -0.2) is 32.5 Å². The third kappa shape index (κ3) is 2.56. The molecule has 0 aliphatic rings. The van der Waals surface area contributed by atoms with Gasteiger partial charge in [0.25, 0.3) is 0 Å². The van der Waals surface area contributed by atoms with E-state index < -0.39 is 18.1 Å². The number of benzene rings is 1. The number of aromatic hydroxyl groups is 1. The smallest absolute Gasteiger partial charge is 0.249 e. The molecule has 2 atom stereocenters. The van der Waals surface area contributed by atoms with Gasteiger partial charge in [0.05, 0.1) is 11.8 Å². The summed E-state index contributed by atoms with van der Waals surface area (Å²) < 4.78 is 4.90. The van der Waals surface area contributed by atoms with Crippen LogP contribution < -0.4 is 5.73 Å². The molecule has 19 heavy (non-hydrogen) atoms. The van der Waals surface area contributed by atoms with E-state index in [1.165, 1.54) is 30.5 Å². The van der Waals surface area contributed by atoms with E-state index in [0.717, 1.165) is 0 Å². The summed E-state index contributed by atoms with van der Waals surface area (Å²) in [5.74, 6) is -0.830. The zero-order valence-corrected chi connectivity index (χ0v) is 9.72. The Morgan fingerprint density at radius 1 is 1.32 bits per heavy atom. The Morgan fingerprint density at radius 3 is 2.63 bits per heavy atom. The molecule has 0 radical (unpaired) electrons. The number of phenols is 1. The fourth-order valence-electron chi connectivity index (χ4n) is 1.63. The lowest BCUT2D eigenvalue weighted by Crippen LogP contribution is -2.33. The second-order valence-electron chi connectivity index (χ2n) is 3.95. The Balaban J connectivity index is 2.39. The molecule has 1 aromatic heterocycles. The lowest BCUT2D eigenvalue weighted by molar-refractivity contribution is -0.131. The quantitative estimate of drug-likeness (QED) is 0.611. The summed E-state index contributed by atoms with van der Waals surface area (Å²) in [6.45, 7) is 0. The van der Waals surface area contributed by atoms with Gasteiger partial charge in [0.1, 0.15) is 11.9 Å². The third-order valence-electron chi connectivity index (χ3n) is 2.66. The van der Waals surface area contributed by atoms with Crippen molar-refractivity contribution < 1.29 is 24.6 Å². The zero-order valence-electron chi connectivity index (χ0n) is 9.72. The molecule has 2 aromatic rings. The lowest BCUT2D eigenvalue weighted by atomic mass is 10.00. The molecule has 0 bridgehead atoms. The van der Waals surface area contributed by atoms with Crippen LogP contribution in [0.2, 0.25) is 0 Å². The minimum absolute atomic E-state index is 0.0822. The minimum atomic E-state index is -1.73. The summed E-state index contributed by atoms with van der Waals surface area (Å²) in [6, 6.07) is 5.58. The maximum absolute atomic E-state index is 10.8. The number of nitrogens with two attached hydrogens (primary N) is 1. The molecule has 1 aromatic carbocycles. The third-order valence-corrected chi connectivity index (χ3v) is 2.66. The Bertz CT molecular complexity index is 582. The van der Waals surface area contributed by atoms with Gasteiger partial charge in [-0.1, -0.05) is 11.2 Å². The summed E-state index contributed by atoms with van der Waals surface area (Å²) in [4.78, 5) is 10.8. The molecule has 0 fully saturated rings. The number of carbonyl (C=O) groups is 1. The van der Waals surface area contributed by atoms with Gasteiger partial charge in [0, 0.05) is 6.07 Å². The van der Waals surface area contributed by atoms with Crippen molar-refractivity contribution >= 4 is 5.91 Å². The first-order chi connectivity index (χ1) is 9.00. The molecule has 7 heteroatoms. The standard InChI is InChI=1S/C12H12N2O5/c13-12(18)11(17)10(16)6-1-2-8(15)7(5-6)9-3-4-14-19-9/h1-5,10-11,15-17H,(H2,13,18). The van der Waals surface area contributed by atoms with Gasteiger partial charge in [-0.15, -0.1) is 0 Å².